The molecule has 0 atom stereocenters. The quantitative estimate of drug-likeness (QED) is 0.572. The number of rotatable bonds is 3. The summed E-state index contributed by atoms with van der Waals surface area (Å²) in [5.74, 6) is -1.08. The van der Waals surface area contributed by atoms with Crippen LogP contribution in [0.2, 0.25) is 0 Å². The highest BCUT2D eigenvalue weighted by molar-refractivity contribution is 7.21. The number of methoxy groups -OCH3 is 1. The minimum atomic E-state index is -4.56. The van der Waals surface area contributed by atoms with Crippen LogP contribution in [0, 0.1) is 20.8 Å². The SMILES string of the molecule is COC(=O)c1c(NC(=O)c2sc3nc(C(F)(F)F)ccc3c2C)sc(C)c1C. The van der Waals surface area contributed by atoms with E-state index in [1.807, 2.05) is 6.92 Å². The van der Waals surface area contributed by atoms with Crippen LogP contribution in [-0.4, -0.2) is 24.0 Å². The van der Waals surface area contributed by atoms with Crippen molar-refractivity contribution in [2.24, 2.45) is 0 Å². The number of carbonyl (C=O) groups is 2. The molecule has 0 fully saturated rings. The molecule has 0 unspecified atom stereocenters. The molecule has 3 aromatic rings. The van der Waals surface area contributed by atoms with E-state index in [1.54, 1.807) is 13.8 Å². The molecule has 0 radical (unpaired) electrons. The summed E-state index contributed by atoms with van der Waals surface area (Å²) >= 11 is 2.11. The molecule has 10 heteroatoms. The first kappa shape index (κ1) is 20.3. The van der Waals surface area contributed by atoms with Gasteiger partial charge in [-0.3, -0.25) is 4.79 Å². The third-order valence-electron chi connectivity index (χ3n) is 4.30. The lowest BCUT2D eigenvalue weighted by atomic mass is 10.1. The zero-order valence-electron chi connectivity index (χ0n) is 15.3. The van der Waals surface area contributed by atoms with Crippen molar-refractivity contribution in [1.29, 1.82) is 0 Å². The molecule has 0 bridgehead atoms. The minimum absolute atomic E-state index is 0.129. The van der Waals surface area contributed by atoms with Crippen molar-refractivity contribution in [2.75, 3.05) is 12.4 Å². The standard InChI is InChI=1S/C18H15F3N2O3S2/c1-7-9(3)27-16(12(7)17(25)26-4)23-14(24)13-8(2)10-5-6-11(18(19,20)21)22-15(10)28-13/h5-6H,1-4H3,(H,23,24). The number of hydrogen-bond donors (Lipinski definition) is 1. The molecule has 0 aliphatic rings. The normalized spacial score (nSPS) is 11.7. The molecule has 3 rings (SSSR count). The second-order valence-corrected chi connectivity index (χ2v) is 8.26. The summed E-state index contributed by atoms with van der Waals surface area (Å²) in [5.41, 5.74) is 0.500. The largest absolute Gasteiger partial charge is 0.465 e. The molecule has 3 heterocycles. The fraction of sp³-hybridized carbons (Fsp3) is 0.278. The predicted octanol–water partition coefficient (Wildman–Crippen LogP) is 5.34. The van der Waals surface area contributed by atoms with Gasteiger partial charge in [-0.25, -0.2) is 9.78 Å². The number of anilines is 1. The highest BCUT2D eigenvalue weighted by Gasteiger charge is 2.33. The van der Waals surface area contributed by atoms with Crippen molar-refractivity contribution in [3.8, 4) is 0 Å². The number of aryl methyl sites for hydroxylation is 2. The molecular weight excluding hydrogens is 413 g/mol. The Bertz CT molecular complexity index is 1100. The molecule has 1 N–H and O–H groups in total. The molecule has 148 valence electrons. The van der Waals surface area contributed by atoms with Crippen LogP contribution in [-0.2, 0) is 10.9 Å². The molecule has 0 saturated carbocycles. The van der Waals surface area contributed by atoms with Gasteiger partial charge in [-0.1, -0.05) is 0 Å². The number of nitrogens with one attached hydrogen (secondary N) is 1. The van der Waals surface area contributed by atoms with Crippen LogP contribution in [0.25, 0.3) is 10.2 Å². The lowest BCUT2D eigenvalue weighted by Gasteiger charge is -2.05. The van der Waals surface area contributed by atoms with E-state index < -0.39 is 23.7 Å². The molecule has 3 aromatic heterocycles. The maximum Gasteiger partial charge on any atom is 0.433 e. The third-order valence-corrected chi connectivity index (χ3v) is 6.63. The Balaban J connectivity index is 2.00. The maximum atomic E-state index is 12.9. The fourth-order valence-corrected chi connectivity index (χ4v) is 4.82. The van der Waals surface area contributed by atoms with Gasteiger partial charge in [0.15, 0.2) is 0 Å². The number of aromatic nitrogens is 1. The lowest BCUT2D eigenvalue weighted by Crippen LogP contribution is -2.14. The van der Waals surface area contributed by atoms with Crippen LogP contribution in [0.15, 0.2) is 12.1 Å². The van der Waals surface area contributed by atoms with Gasteiger partial charge in [0.1, 0.15) is 15.5 Å². The molecule has 0 saturated heterocycles. The average molecular weight is 428 g/mol. The first-order valence-corrected chi connectivity index (χ1v) is 9.64. The molecule has 5 nitrogen and oxygen atoms in total. The Kier molecular flexibility index (Phi) is 5.20. The second kappa shape index (κ2) is 7.17. The number of hydrogen-bond acceptors (Lipinski definition) is 6. The third kappa shape index (κ3) is 3.49. The zero-order valence-corrected chi connectivity index (χ0v) is 16.9. The van der Waals surface area contributed by atoms with Gasteiger partial charge in [0, 0.05) is 10.3 Å². The maximum absolute atomic E-state index is 12.9. The monoisotopic (exact) mass is 428 g/mol. The summed E-state index contributed by atoms with van der Waals surface area (Å²) < 4.78 is 43.4. The van der Waals surface area contributed by atoms with E-state index >= 15 is 0 Å². The predicted molar refractivity (Wildman–Crippen MR) is 102 cm³/mol. The summed E-state index contributed by atoms with van der Waals surface area (Å²) in [6.07, 6.45) is -4.56. The number of carbonyl (C=O) groups excluding carboxylic acids is 2. The number of esters is 1. The van der Waals surface area contributed by atoms with E-state index in [-0.39, 0.29) is 15.3 Å². The number of halogens is 3. The Hall–Kier alpha value is -2.46. The van der Waals surface area contributed by atoms with Gasteiger partial charge in [-0.05, 0) is 44.0 Å². The van der Waals surface area contributed by atoms with Gasteiger partial charge in [0.25, 0.3) is 5.91 Å². The van der Waals surface area contributed by atoms with E-state index in [4.69, 9.17) is 4.74 Å². The Morgan fingerprint density at radius 3 is 2.39 bits per heavy atom. The van der Waals surface area contributed by atoms with Gasteiger partial charge >= 0.3 is 12.1 Å². The van der Waals surface area contributed by atoms with Crippen molar-refractivity contribution < 1.29 is 27.5 Å². The summed E-state index contributed by atoms with van der Waals surface area (Å²) in [5, 5.41) is 3.51. The van der Waals surface area contributed by atoms with Crippen LogP contribution >= 0.6 is 22.7 Å². The number of thiophene rings is 2. The van der Waals surface area contributed by atoms with Crippen LogP contribution in [0.4, 0.5) is 18.2 Å². The first-order chi connectivity index (χ1) is 13.0. The van der Waals surface area contributed by atoms with Crippen LogP contribution in [0.1, 0.15) is 41.7 Å². The van der Waals surface area contributed by atoms with Crippen molar-refractivity contribution in [1.82, 2.24) is 4.98 Å². The van der Waals surface area contributed by atoms with Gasteiger partial charge in [-0.2, -0.15) is 13.2 Å². The number of nitrogens with zero attached hydrogens (tertiary/aromatic N) is 1. The average Bonchev–Trinajstić information content (AvgIpc) is 3.10. The number of pyridine rings is 1. The number of fused-ring (bicyclic) bond motifs is 1. The first-order valence-electron chi connectivity index (χ1n) is 8.01. The molecule has 0 aliphatic heterocycles. The second-order valence-electron chi connectivity index (χ2n) is 6.04. The Morgan fingerprint density at radius 1 is 1.11 bits per heavy atom. The summed E-state index contributed by atoms with van der Waals surface area (Å²) in [6.45, 7) is 5.21. The van der Waals surface area contributed by atoms with Crippen molar-refractivity contribution in [2.45, 2.75) is 26.9 Å². The summed E-state index contributed by atoms with van der Waals surface area (Å²) in [7, 11) is 1.25. The number of alkyl halides is 3. The van der Waals surface area contributed by atoms with Crippen molar-refractivity contribution in [3.05, 3.63) is 44.3 Å². The fourth-order valence-electron chi connectivity index (χ4n) is 2.70. The molecule has 28 heavy (non-hydrogen) atoms. The minimum Gasteiger partial charge on any atom is -0.465 e. The summed E-state index contributed by atoms with van der Waals surface area (Å²) in [4.78, 5) is 29.7. The molecule has 1 amide bonds. The van der Waals surface area contributed by atoms with Crippen molar-refractivity contribution in [3.63, 3.8) is 0 Å². The topological polar surface area (TPSA) is 68.3 Å². The van der Waals surface area contributed by atoms with E-state index in [0.717, 1.165) is 22.3 Å². The van der Waals surface area contributed by atoms with E-state index in [9.17, 15) is 22.8 Å². The van der Waals surface area contributed by atoms with Crippen LogP contribution < -0.4 is 5.32 Å². The van der Waals surface area contributed by atoms with Gasteiger partial charge in [0.2, 0.25) is 0 Å². The van der Waals surface area contributed by atoms with Crippen LogP contribution in [0.3, 0.4) is 0 Å². The number of ether oxygens (including phenoxy) is 1. The highest BCUT2D eigenvalue weighted by Crippen LogP contribution is 2.36. The Labute approximate surface area is 166 Å². The molecular formula is C18H15F3N2O3S2. The molecule has 0 spiro atoms. The van der Waals surface area contributed by atoms with Crippen molar-refractivity contribution >= 4 is 49.8 Å². The molecule has 0 aliphatic carbocycles. The van der Waals surface area contributed by atoms with Crippen LogP contribution in [0.5, 0.6) is 0 Å². The van der Waals surface area contributed by atoms with Gasteiger partial charge in [0.05, 0.1) is 17.6 Å². The van der Waals surface area contributed by atoms with Gasteiger partial charge < -0.3 is 10.1 Å². The lowest BCUT2D eigenvalue weighted by molar-refractivity contribution is -0.140. The highest BCUT2D eigenvalue weighted by atomic mass is 32.1. The molecule has 0 aromatic carbocycles. The number of amides is 1. The summed E-state index contributed by atoms with van der Waals surface area (Å²) in [6, 6.07) is 2.21. The Morgan fingerprint density at radius 2 is 1.79 bits per heavy atom. The van der Waals surface area contributed by atoms with E-state index in [1.165, 1.54) is 24.5 Å². The van der Waals surface area contributed by atoms with Gasteiger partial charge in [-0.15, -0.1) is 22.7 Å². The van der Waals surface area contributed by atoms with E-state index in [0.29, 0.717) is 21.5 Å². The zero-order chi connectivity index (χ0) is 20.8. The van der Waals surface area contributed by atoms with E-state index in [2.05, 4.69) is 10.3 Å². The smallest absolute Gasteiger partial charge is 0.433 e.